The minimum Gasteiger partial charge on any atom is -0.479 e. The summed E-state index contributed by atoms with van der Waals surface area (Å²) in [7, 11) is 1.39. The molecule has 2 aromatic rings. The van der Waals surface area contributed by atoms with E-state index in [9.17, 15) is 9.18 Å². The van der Waals surface area contributed by atoms with Crippen LogP contribution in [0.1, 0.15) is 57.2 Å². The molecule has 3 rings (SSSR count). The topological polar surface area (TPSA) is 52.1 Å². The number of rotatable bonds is 7. The number of methoxy groups -OCH3 is 1. The van der Waals surface area contributed by atoms with Crippen LogP contribution in [0.25, 0.3) is 11.3 Å². The number of ketones is 1. The predicted molar refractivity (Wildman–Crippen MR) is 103 cm³/mol. The third-order valence-electron chi connectivity index (χ3n) is 5.59. The molecule has 2 unspecified atom stereocenters. The number of carbonyl (C=O) groups is 1. The van der Waals surface area contributed by atoms with E-state index in [1.807, 2.05) is 32.9 Å². The molecule has 0 N–H and O–H groups in total. The maximum absolute atomic E-state index is 14.0. The quantitative estimate of drug-likeness (QED) is 0.680. The molecule has 27 heavy (non-hydrogen) atoms. The number of nitrogens with zero attached hydrogens (tertiary/aromatic N) is 2. The number of hydrogen-bond acceptors (Lipinski definition) is 4. The van der Waals surface area contributed by atoms with Gasteiger partial charge in [-0.05, 0) is 43.4 Å². The van der Waals surface area contributed by atoms with Crippen LogP contribution in [0.4, 0.5) is 4.39 Å². The normalized spacial score (nSPS) is 21.4. The lowest BCUT2D eigenvalue weighted by Gasteiger charge is -2.19. The summed E-state index contributed by atoms with van der Waals surface area (Å²) in [6.45, 7) is 8.05. The molecule has 0 bridgehead atoms. The SMILES string of the molecule is CCCC1(C(=O)C(C)C)CC1c1ccc(-c2cnc(OC)c(F)c2)nc1C. The van der Waals surface area contributed by atoms with Gasteiger partial charge in [0.05, 0.1) is 12.8 Å². The van der Waals surface area contributed by atoms with Crippen molar-refractivity contribution in [2.75, 3.05) is 7.11 Å². The Morgan fingerprint density at radius 3 is 2.70 bits per heavy atom. The average molecular weight is 370 g/mol. The van der Waals surface area contributed by atoms with Gasteiger partial charge in [-0.3, -0.25) is 9.78 Å². The summed E-state index contributed by atoms with van der Waals surface area (Å²) in [5, 5.41) is 0. The maximum atomic E-state index is 14.0. The Morgan fingerprint density at radius 2 is 2.15 bits per heavy atom. The number of Topliss-reactive ketones (excluding diaryl/α,β-unsaturated/α-hetero) is 1. The minimum absolute atomic E-state index is 0.0263. The van der Waals surface area contributed by atoms with Gasteiger partial charge in [-0.15, -0.1) is 0 Å². The summed E-state index contributed by atoms with van der Waals surface area (Å²) in [5.74, 6) is 0.105. The fourth-order valence-electron chi connectivity index (χ4n) is 4.22. The Morgan fingerprint density at radius 1 is 1.41 bits per heavy atom. The van der Waals surface area contributed by atoms with Gasteiger partial charge in [-0.25, -0.2) is 9.37 Å². The minimum atomic E-state index is -0.509. The van der Waals surface area contributed by atoms with Crippen molar-refractivity contribution < 1.29 is 13.9 Å². The standard InChI is InChI=1S/C22H27FN2O2/c1-6-9-22(20(26)13(2)3)11-17(22)16-7-8-19(25-14(16)4)15-10-18(23)21(27-5)24-12-15/h7-8,10,12-13,17H,6,9,11H2,1-5H3. The van der Waals surface area contributed by atoms with E-state index in [2.05, 4.69) is 16.9 Å². The Labute approximate surface area is 160 Å². The lowest BCUT2D eigenvalue weighted by atomic mass is 9.84. The summed E-state index contributed by atoms with van der Waals surface area (Å²) in [6, 6.07) is 5.31. The van der Waals surface area contributed by atoms with Crippen molar-refractivity contribution in [2.24, 2.45) is 11.3 Å². The molecule has 0 aliphatic heterocycles. The molecule has 2 atom stereocenters. The number of halogens is 1. The monoisotopic (exact) mass is 370 g/mol. The molecule has 0 saturated heterocycles. The molecule has 1 saturated carbocycles. The van der Waals surface area contributed by atoms with Crippen molar-refractivity contribution in [1.29, 1.82) is 0 Å². The summed E-state index contributed by atoms with van der Waals surface area (Å²) in [5.41, 5.74) is 3.07. The first-order valence-corrected chi connectivity index (χ1v) is 9.55. The fourth-order valence-corrected chi connectivity index (χ4v) is 4.22. The van der Waals surface area contributed by atoms with Crippen LogP contribution in [0.3, 0.4) is 0 Å². The van der Waals surface area contributed by atoms with E-state index in [0.29, 0.717) is 17.0 Å². The van der Waals surface area contributed by atoms with Gasteiger partial charge in [0.1, 0.15) is 5.78 Å². The van der Waals surface area contributed by atoms with E-state index in [1.165, 1.54) is 13.2 Å². The molecule has 4 nitrogen and oxygen atoms in total. The number of ether oxygens (including phenoxy) is 1. The van der Waals surface area contributed by atoms with E-state index in [1.54, 1.807) is 6.20 Å². The van der Waals surface area contributed by atoms with Gasteiger partial charge in [0.25, 0.3) is 0 Å². The van der Waals surface area contributed by atoms with Gasteiger partial charge in [-0.1, -0.05) is 33.3 Å². The molecule has 5 heteroatoms. The zero-order chi connectivity index (χ0) is 19.8. The van der Waals surface area contributed by atoms with Gasteiger partial charge in [-0.2, -0.15) is 0 Å². The number of carbonyl (C=O) groups excluding carboxylic acids is 1. The highest BCUT2D eigenvalue weighted by molar-refractivity contribution is 5.91. The van der Waals surface area contributed by atoms with Crippen LogP contribution in [-0.2, 0) is 4.79 Å². The number of hydrogen-bond donors (Lipinski definition) is 0. The highest BCUT2D eigenvalue weighted by atomic mass is 19.1. The highest BCUT2D eigenvalue weighted by Gasteiger charge is 2.59. The fraction of sp³-hybridized carbons (Fsp3) is 0.500. The van der Waals surface area contributed by atoms with Crippen molar-refractivity contribution in [3.05, 3.63) is 41.5 Å². The molecule has 2 aromatic heterocycles. The molecule has 2 heterocycles. The van der Waals surface area contributed by atoms with E-state index < -0.39 is 5.82 Å². The molecule has 0 spiro atoms. The Hall–Kier alpha value is -2.30. The van der Waals surface area contributed by atoms with Crippen molar-refractivity contribution >= 4 is 5.78 Å². The van der Waals surface area contributed by atoms with Crippen molar-refractivity contribution in [3.63, 3.8) is 0 Å². The molecule has 144 valence electrons. The lowest BCUT2D eigenvalue weighted by Crippen LogP contribution is -2.23. The summed E-state index contributed by atoms with van der Waals surface area (Å²) < 4.78 is 18.8. The second-order valence-corrected chi connectivity index (χ2v) is 7.77. The molecular formula is C22H27FN2O2. The van der Waals surface area contributed by atoms with E-state index in [4.69, 9.17) is 4.74 Å². The summed E-state index contributed by atoms with van der Waals surface area (Å²) in [4.78, 5) is 21.5. The van der Waals surface area contributed by atoms with E-state index in [-0.39, 0.29) is 23.1 Å². The smallest absolute Gasteiger partial charge is 0.250 e. The predicted octanol–water partition coefficient (Wildman–Crippen LogP) is 5.10. The molecular weight excluding hydrogens is 343 g/mol. The lowest BCUT2D eigenvalue weighted by molar-refractivity contribution is -0.127. The van der Waals surface area contributed by atoms with Crippen LogP contribution in [-0.4, -0.2) is 22.9 Å². The van der Waals surface area contributed by atoms with Crippen LogP contribution >= 0.6 is 0 Å². The zero-order valence-corrected chi connectivity index (χ0v) is 16.7. The van der Waals surface area contributed by atoms with Crippen molar-refractivity contribution in [3.8, 4) is 17.1 Å². The Balaban J connectivity index is 1.90. The number of pyridine rings is 2. The zero-order valence-electron chi connectivity index (χ0n) is 16.7. The van der Waals surface area contributed by atoms with Crippen LogP contribution in [0.15, 0.2) is 24.4 Å². The summed E-state index contributed by atoms with van der Waals surface area (Å²) >= 11 is 0. The van der Waals surface area contributed by atoms with Crippen LogP contribution in [0.2, 0.25) is 0 Å². The van der Waals surface area contributed by atoms with E-state index in [0.717, 1.165) is 30.5 Å². The molecule has 0 amide bonds. The van der Waals surface area contributed by atoms with Gasteiger partial charge >= 0.3 is 0 Å². The molecule has 0 radical (unpaired) electrons. The summed E-state index contributed by atoms with van der Waals surface area (Å²) in [6.07, 6.45) is 4.38. The molecule has 1 fully saturated rings. The highest BCUT2D eigenvalue weighted by Crippen LogP contribution is 2.64. The second-order valence-electron chi connectivity index (χ2n) is 7.77. The van der Waals surface area contributed by atoms with Gasteiger partial charge in [0, 0.05) is 28.8 Å². The van der Waals surface area contributed by atoms with Crippen molar-refractivity contribution in [2.45, 2.75) is 52.9 Å². The van der Waals surface area contributed by atoms with Crippen LogP contribution < -0.4 is 4.74 Å². The van der Waals surface area contributed by atoms with Gasteiger partial charge in [0.2, 0.25) is 5.88 Å². The van der Waals surface area contributed by atoms with Gasteiger partial charge < -0.3 is 4.74 Å². The first-order chi connectivity index (χ1) is 12.8. The number of aromatic nitrogens is 2. The third kappa shape index (κ3) is 3.47. The largest absolute Gasteiger partial charge is 0.479 e. The maximum Gasteiger partial charge on any atom is 0.250 e. The first-order valence-electron chi connectivity index (χ1n) is 9.55. The second kappa shape index (κ2) is 7.37. The van der Waals surface area contributed by atoms with E-state index >= 15 is 0 Å². The van der Waals surface area contributed by atoms with Crippen LogP contribution in [0.5, 0.6) is 5.88 Å². The molecule has 0 aromatic carbocycles. The van der Waals surface area contributed by atoms with Crippen molar-refractivity contribution in [1.82, 2.24) is 9.97 Å². The number of aryl methyl sites for hydroxylation is 1. The molecule has 1 aliphatic rings. The Kier molecular flexibility index (Phi) is 5.31. The first kappa shape index (κ1) is 19.5. The Bertz CT molecular complexity index is 865. The average Bonchev–Trinajstić information content (AvgIpc) is 3.36. The molecule has 1 aliphatic carbocycles. The van der Waals surface area contributed by atoms with Crippen LogP contribution in [0, 0.1) is 24.1 Å². The third-order valence-corrected chi connectivity index (χ3v) is 5.59. The van der Waals surface area contributed by atoms with Gasteiger partial charge in [0.15, 0.2) is 5.82 Å².